The van der Waals surface area contributed by atoms with Crippen molar-refractivity contribution in [2.75, 3.05) is 6.61 Å². The van der Waals surface area contributed by atoms with Crippen LogP contribution in [0.3, 0.4) is 0 Å². The number of rotatable bonds is 7. The van der Waals surface area contributed by atoms with Crippen molar-refractivity contribution in [1.29, 1.82) is 0 Å². The summed E-state index contributed by atoms with van der Waals surface area (Å²) in [7, 11) is 0. The van der Waals surface area contributed by atoms with Gasteiger partial charge in [0.2, 0.25) is 6.10 Å². The van der Waals surface area contributed by atoms with Crippen LogP contribution in [0, 0.1) is 0 Å². The van der Waals surface area contributed by atoms with Crippen LogP contribution in [-0.4, -0.2) is 18.5 Å². The first kappa shape index (κ1) is 17.7. The summed E-state index contributed by atoms with van der Waals surface area (Å²) in [6, 6.07) is 16.2. The summed E-state index contributed by atoms with van der Waals surface area (Å²) >= 11 is 0. The van der Waals surface area contributed by atoms with Gasteiger partial charge < -0.3 is 9.47 Å². The molecule has 0 bridgehead atoms. The lowest BCUT2D eigenvalue weighted by Gasteiger charge is -2.18. The molecule has 4 nitrogen and oxygen atoms in total. The van der Waals surface area contributed by atoms with Gasteiger partial charge in [0.25, 0.3) is 0 Å². The highest BCUT2D eigenvalue weighted by Gasteiger charge is 2.27. The number of hydrogen-bond acceptors (Lipinski definition) is 4. The van der Waals surface area contributed by atoms with Crippen molar-refractivity contribution in [1.82, 2.24) is 0 Å². The molecule has 0 radical (unpaired) electrons. The molecule has 1 atom stereocenters. The van der Waals surface area contributed by atoms with Crippen LogP contribution < -0.4 is 0 Å². The second kappa shape index (κ2) is 8.87. The molecule has 0 heterocycles. The largest absolute Gasteiger partial charge is 0.463 e. The van der Waals surface area contributed by atoms with E-state index in [0.717, 1.165) is 5.56 Å². The van der Waals surface area contributed by atoms with Crippen molar-refractivity contribution in [3.05, 3.63) is 71.3 Å². The van der Waals surface area contributed by atoms with Gasteiger partial charge in [0.1, 0.15) is 0 Å². The lowest BCUT2D eigenvalue weighted by molar-refractivity contribution is -0.154. The standard InChI is InChI=1S/C20H22O4/c1-3-14-23-20(22)18(16-11-6-5-7-12-16)24-19(21)17-13-9-8-10-15(17)4-2/h5-13,18H,3-4,14H2,1-2H3. The molecule has 0 N–H and O–H groups in total. The molecule has 2 aromatic carbocycles. The van der Waals surface area contributed by atoms with Crippen molar-refractivity contribution in [3.63, 3.8) is 0 Å². The van der Waals surface area contributed by atoms with Crippen LogP contribution in [0.25, 0.3) is 0 Å². The van der Waals surface area contributed by atoms with Crippen molar-refractivity contribution in [3.8, 4) is 0 Å². The van der Waals surface area contributed by atoms with Crippen LogP contribution in [0.4, 0.5) is 0 Å². The fourth-order valence-electron chi connectivity index (χ4n) is 2.36. The van der Waals surface area contributed by atoms with Gasteiger partial charge in [-0.1, -0.05) is 62.4 Å². The van der Waals surface area contributed by atoms with Gasteiger partial charge in [-0.05, 0) is 24.5 Å². The summed E-state index contributed by atoms with van der Waals surface area (Å²) in [5, 5.41) is 0. The third kappa shape index (κ3) is 4.44. The third-order valence-electron chi connectivity index (χ3n) is 3.61. The molecule has 0 aliphatic rings. The topological polar surface area (TPSA) is 52.6 Å². The van der Waals surface area contributed by atoms with Gasteiger partial charge in [0.05, 0.1) is 12.2 Å². The van der Waals surface area contributed by atoms with Crippen LogP contribution in [0.5, 0.6) is 0 Å². The predicted molar refractivity (Wildman–Crippen MR) is 91.7 cm³/mol. The molecule has 0 saturated carbocycles. The lowest BCUT2D eigenvalue weighted by atomic mass is 10.1. The van der Waals surface area contributed by atoms with E-state index in [9.17, 15) is 9.59 Å². The first-order chi connectivity index (χ1) is 11.7. The van der Waals surface area contributed by atoms with E-state index in [4.69, 9.17) is 9.47 Å². The fourth-order valence-corrected chi connectivity index (χ4v) is 2.36. The van der Waals surface area contributed by atoms with Crippen LogP contribution in [0.1, 0.15) is 47.9 Å². The van der Waals surface area contributed by atoms with Crippen LogP contribution >= 0.6 is 0 Å². The quantitative estimate of drug-likeness (QED) is 0.719. The van der Waals surface area contributed by atoms with Crippen molar-refractivity contribution < 1.29 is 19.1 Å². The second-order valence-corrected chi connectivity index (χ2v) is 5.37. The van der Waals surface area contributed by atoms with Crippen LogP contribution in [-0.2, 0) is 20.7 Å². The van der Waals surface area contributed by atoms with Crippen LogP contribution in [0.15, 0.2) is 54.6 Å². The number of aryl methyl sites for hydroxylation is 1. The Morgan fingerprint density at radius 2 is 1.62 bits per heavy atom. The minimum absolute atomic E-state index is 0.297. The minimum Gasteiger partial charge on any atom is -0.463 e. The minimum atomic E-state index is -1.06. The monoisotopic (exact) mass is 326 g/mol. The summed E-state index contributed by atoms with van der Waals surface area (Å²) in [6.07, 6.45) is 0.358. The molecule has 0 aliphatic carbocycles. The molecule has 0 spiro atoms. The molecule has 0 aromatic heterocycles. The molecule has 2 aromatic rings. The summed E-state index contributed by atoms with van der Waals surface area (Å²) in [5.41, 5.74) is 1.96. The van der Waals surface area contributed by atoms with Gasteiger partial charge in [0.15, 0.2) is 0 Å². The zero-order valence-electron chi connectivity index (χ0n) is 14.0. The maximum Gasteiger partial charge on any atom is 0.352 e. The van der Waals surface area contributed by atoms with Gasteiger partial charge in [-0.15, -0.1) is 0 Å². The van der Waals surface area contributed by atoms with Crippen molar-refractivity contribution >= 4 is 11.9 Å². The highest BCUT2D eigenvalue weighted by atomic mass is 16.6. The number of benzene rings is 2. The predicted octanol–water partition coefficient (Wildman–Crippen LogP) is 4.10. The first-order valence-corrected chi connectivity index (χ1v) is 8.17. The number of hydrogen-bond donors (Lipinski definition) is 0. The van der Waals surface area contributed by atoms with Gasteiger partial charge >= 0.3 is 11.9 Å². The molecule has 1 unspecified atom stereocenters. The smallest absolute Gasteiger partial charge is 0.352 e. The maximum absolute atomic E-state index is 12.6. The highest BCUT2D eigenvalue weighted by molar-refractivity contribution is 5.93. The van der Waals surface area contributed by atoms with Crippen molar-refractivity contribution in [2.24, 2.45) is 0 Å². The van der Waals surface area contributed by atoms with Gasteiger partial charge in [-0.3, -0.25) is 0 Å². The zero-order valence-corrected chi connectivity index (χ0v) is 14.0. The SMILES string of the molecule is CCCOC(=O)C(OC(=O)c1ccccc1CC)c1ccccc1. The van der Waals surface area contributed by atoms with E-state index in [1.807, 2.05) is 32.0 Å². The molecule has 126 valence electrons. The molecule has 2 rings (SSSR count). The second-order valence-electron chi connectivity index (χ2n) is 5.37. The normalized spacial score (nSPS) is 11.6. The summed E-state index contributed by atoms with van der Waals surface area (Å²) in [6.45, 7) is 4.18. The number of esters is 2. The first-order valence-electron chi connectivity index (χ1n) is 8.17. The molecular formula is C20H22O4. The van der Waals surface area contributed by atoms with E-state index in [-0.39, 0.29) is 0 Å². The Bertz CT molecular complexity index is 679. The fraction of sp³-hybridized carbons (Fsp3) is 0.300. The summed E-state index contributed by atoms with van der Waals surface area (Å²) in [5.74, 6) is -1.07. The Hall–Kier alpha value is -2.62. The Morgan fingerprint density at radius 3 is 2.29 bits per heavy atom. The molecule has 4 heteroatoms. The Balaban J connectivity index is 2.24. The average Bonchev–Trinajstić information content (AvgIpc) is 2.64. The van der Waals surface area contributed by atoms with E-state index in [1.165, 1.54) is 0 Å². The van der Waals surface area contributed by atoms with Gasteiger partial charge in [-0.25, -0.2) is 9.59 Å². The third-order valence-corrected chi connectivity index (χ3v) is 3.61. The molecule has 0 amide bonds. The zero-order chi connectivity index (χ0) is 17.4. The van der Waals surface area contributed by atoms with E-state index < -0.39 is 18.0 Å². The van der Waals surface area contributed by atoms with E-state index in [0.29, 0.717) is 30.6 Å². The summed E-state index contributed by atoms with van der Waals surface area (Å²) in [4.78, 5) is 24.9. The molecule has 0 aliphatic heterocycles. The van der Waals surface area contributed by atoms with E-state index in [2.05, 4.69) is 0 Å². The van der Waals surface area contributed by atoms with Gasteiger partial charge in [0, 0.05) is 5.56 Å². The number of carbonyl (C=O) groups excluding carboxylic acids is 2. The Kier molecular flexibility index (Phi) is 6.55. The van der Waals surface area contributed by atoms with Crippen molar-refractivity contribution in [2.45, 2.75) is 32.8 Å². The summed E-state index contributed by atoms with van der Waals surface area (Å²) < 4.78 is 10.7. The number of carbonyl (C=O) groups is 2. The van der Waals surface area contributed by atoms with E-state index >= 15 is 0 Å². The Morgan fingerprint density at radius 1 is 0.958 bits per heavy atom. The highest BCUT2D eigenvalue weighted by Crippen LogP contribution is 2.22. The van der Waals surface area contributed by atoms with Crippen LogP contribution in [0.2, 0.25) is 0 Å². The molecule has 0 fully saturated rings. The molecule has 0 saturated heterocycles. The Labute approximate surface area is 142 Å². The lowest BCUT2D eigenvalue weighted by Crippen LogP contribution is -2.23. The van der Waals surface area contributed by atoms with E-state index in [1.54, 1.807) is 36.4 Å². The molecular weight excluding hydrogens is 304 g/mol. The maximum atomic E-state index is 12.6. The van der Waals surface area contributed by atoms with Gasteiger partial charge in [-0.2, -0.15) is 0 Å². The number of ether oxygens (including phenoxy) is 2. The average molecular weight is 326 g/mol. The molecule has 24 heavy (non-hydrogen) atoms.